The van der Waals surface area contributed by atoms with Crippen LogP contribution in [0.1, 0.15) is 10.9 Å². The molecule has 0 saturated carbocycles. The predicted molar refractivity (Wildman–Crippen MR) is 96.9 cm³/mol. The van der Waals surface area contributed by atoms with Crippen LogP contribution in [0.5, 0.6) is 11.5 Å². The van der Waals surface area contributed by atoms with Gasteiger partial charge in [-0.05, 0) is 18.2 Å². The van der Waals surface area contributed by atoms with Gasteiger partial charge >= 0.3 is 6.03 Å². The van der Waals surface area contributed by atoms with Gasteiger partial charge in [0.2, 0.25) is 0 Å². The van der Waals surface area contributed by atoms with Crippen LogP contribution in [0.15, 0.2) is 42.5 Å². The van der Waals surface area contributed by atoms with Gasteiger partial charge in [-0.2, -0.15) is 0 Å². The number of amides is 2. The second-order valence-electron chi connectivity index (χ2n) is 5.43. The fourth-order valence-electron chi connectivity index (χ4n) is 2.70. The molecule has 0 unspecified atom stereocenters. The predicted octanol–water partition coefficient (Wildman–Crippen LogP) is 4.12. The van der Waals surface area contributed by atoms with E-state index in [-0.39, 0.29) is 17.2 Å². The smallest absolute Gasteiger partial charge is 0.323 e. The van der Waals surface area contributed by atoms with Crippen LogP contribution in [0.25, 0.3) is 0 Å². The number of halogens is 1. The van der Waals surface area contributed by atoms with Gasteiger partial charge in [0.05, 0.1) is 19.9 Å². The number of anilines is 1. The number of urea groups is 1. The van der Waals surface area contributed by atoms with E-state index in [1.165, 1.54) is 13.2 Å². The maximum atomic E-state index is 14.1. The number of rotatable bonds is 4. The summed E-state index contributed by atoms with van der Waals surface area (Å²) in [6, 6.07) is 11.4. The molecule has 0 bridgehead atoms. The highest BCUT2D eigenvalue weighted by Crippen LogP contribution is 2.39. The minimum absolute atomic E-state index is 0.290. The monoisotopic (exact) mass is 362 g/mol. The molecule has 0 spiro atoms. The highest BCUT2D eigenvalue weighted by molar-refractivity contribution is 7.99. The number of ether oxygens (including phenoxy) is 2. The van der Waals surface area contributed by atoms with E-state index in [2.05, 4.69) is 5.32 Å². The van der Waals surface area contributed by atoms with Crippen LogP contribution in [-0.4, -0.2) is 37.4 Å². The molecule has 25 heavy (non-hydrogen) atoms. The van der Waals surface area contributed by atoms with Crippen molar-refractivity contribution in [1.29, 1.82) is 0 Å². The molecule has 2 amide bonds. The van der Waals surface area contributed by atoms with Crippen LogP contribution in [0.2, 0.25) is 0 Å². The first-order valence-electron chi connectivity index (χ1n) is 7.79. The van der Waals surface area contributed by atoms with Crippen LogP contribution in [-0.2, 0) is 0 Å². The van der Waals surface area contributed by atoms with Gasteiger partial charge in [-0.25, -0.2) is 9.18 Å². The average Bonchev–Trinajstić information content (AvgIpc) is 3.12. The van der Waals surface area contributed by atoms with Crippen LogP contribution < -0.4 is 14.8 Å². The van der Waals surface area contributed by atoms with Crippen LogP contribution in [0.4, 0.5) is 14.9 Å². The fraction of sp³-hybridized carbons (Fsp3) is 0.278. The Bertz CT molecular complexity index is 772. The van der Waals surface area contributed by atoms with E-state index in [0.717, 1.165) is 5.75 Å². The molecule has 2 aromatic carbocycles. The Morgan fingerprint density at radius 2 is 2.04 bits per heavy atom. The molecule has 1 aliphatic heterocycles. The zero-order chi connectivity index (χ0) is 17.8. The standard InChI is InChI=1S/C18H19FN2O3S/c1-23-12-7-8-15(16(11-12)24-2)20-18(22)21-9-10-25-17(21)13-5-3-4-6-14(13)19/h3-8,11,17H,9-10H2,1-2H3,(H,20,22)/t17-/m1/s1. The molecule has 1 fully saturated rings. The van der Waals surface area contributed by atoms with Crippen molar-refractivity contribution >= 4 is 23.5 Å². The Morgan fingerprint density at radius 1 is 1.24 bits per heavy atom. The molecule has 1 N–H and O–H groups in total. The number of hydrogen-bond donors (Lipinski definition) is 1. The van der Waals surface area contributed by atoms with Gasteiger partial charge in [-0.3, -0.25) is 0 Å². The van der Waals surface area contributed by atoms with Crippen molar-refractivity contribution in [2.75, 3.05) is 31.8 Å². The topological polar surface area (TPSA) is 50.8 Å². The molecule has 1 atom stereocenters. The molecule has 1 saturated heterocycles. The Balaban J connectivity index is 1.80. The van der Waals surface area contributed by atoms with Crippen molar-refractivity contribution in [3.8, 4) is 11.5 Å². The van der Waals surface area contributed by atoms with Crippen LogP contribution in [0.3, 0.4) is 0 Å². The Kier molecular flexibility index (Phi) is 5.33. The third-order valence-corrected chi connectivity index (χ3v) is 5.22. The van der Waals surface area contributed by atoms with Crippen molar-refractivity contribution in [3.63, 3.8) is 0 Å². The van der Waals surface area contributed by atoms with Crippen molar-refractivity contribution in [3.05, 3.63) is 53.8 Å². The summed E-state index contributed by atoms with van der Waals surface area (Å²) in [5.41, 5.74) is 1.05. The quantitative estimate of drug-likeness (QED) is 0.889. The summed E-state index contributed by atoms with van der Waals surface area (Å²) in [6.07, 6.45) is 0. The summed E-state index contributed by atoms with van der Waals surface area (Å²) in [4.78, 5) is 14.4. The lowest BCUT2D eigenvalue weighted by Crippen LogP contribution is -2.34. The van der Waals surface area contributed by atoms with E-state index in [1.807, 2.05) is 0 Å². The number of methoxy groups -OCH3 is 2. The lowest BCUT2D eigenvalue weighted by Gasteiger charge is -2.25. The normalized spacial score (nSPS) is 16.6. The first kappa shape index (κ1) is 17.4. The molecule has 0 radical (unpaired) electrons. The Morgan fingerprint density at radius 3 is 2.76 bits per heavy atom. The number of nitrogens with zero attached hydrogens (tertiary/aromatic N) is 1. The van der Waals surface area contributed by atoms with Gasteiger partial charge in [0.15, 0.2) is 0 Å². The van der Waals surface area contributed by atoms with Gasteiger partial charge < -0.3 is 19.7 Å². The van der Waals surface area contributed by atoms with Gasteiger partial charge in [-0.1, -0.05) is 18.2 Å². The molecule has 0 aliphatic carbocycles. The van der Waals surface area contributed by atoms with Gasteiger partial charge in [0.1, 0.15) is 22.7 Å². The number of carbonyl (C=O) groups excluding carboxylic acids is 1. The third kappa shape index (κ3) is 3.66. The second-order valence-corrected chi connectivity index (χ2v) is 6.62. The van der Waals surface area contributed by atoms with E-state index in [1.54, 1.807) is 60.2 Å². The Labute approximate surface area is 150 Å². The maximum Gasteiger partial charge on any atom is 0.323 e. The largest absolute Gasteiger partial charge is 0.497 e. The zero-order valence-corrected chi connectivity index (χ0v) is 14.8. The maximum absolute atomic E-state index is 14.1. The van der Waals surface area contributed by atoms with Crippen molar-refractivity contribution in [2.24, 2.45) is 0 Å². The summed E-state index contributed by atoms with van der Waals surface area (Å²) in [7, 11) is 3.09. The molecular formula is C18H19FN2O3S. The lowest BCUT2D eigenvalue weighted by atomic mass is 10.2. The number of carbonyl (C=O) groups is 1. The summed E-state index contributed by atoms with van der Waals surface area (Å²) < 4.78 is 24.6. The Hall–Kier alpha value is -2.41. The molecule has 7 heteroatoms. The molecule has 3 rings (SSSR count). The van der Waals surface area contributed by atoms with Gasteiger partial charge in [-0.15, -0.1) is 11.8 Å². The fourth-order valence-corrected chi connectivity index (χ4v) is 3.98. The number of nitrogens with one attached hydrogen (secondary N) is 1. The van der Waals surface area contributed by atoms with Crippen LogP contribution in [0, 0.1) is 5.82 Å². The molecule has 1 aliphatic rings. The molecule has 0 aromatic heterocycles. The third-order valence-electron chi connectivity index (χ3n) is 3.97. The van der Waals surface area contributed by atoms with Crippen molar-refractivity contribution in [1.82, 2.24) is 4.90 Å². The summed E-state index contributed by atoms with van der Waals surface area (Å²) in [6.45, 7) is 0.550. The number of thioether (sulfide) groups is 1. The van der Waals surface area contributed by atoms with Crippen molar-refractivity contribution in [2.45, 2.75) is 5.37 Å². The minimum atomic E-state index is -0.342. The second kappa shape index (κ2) is 7.65. The lowest BCUT2D eigenvalue weighted by molar-refractivity contribution is 0.213. The SMILES string of the molecule is COc1ccc(NC(=O)N2CCS[C@@H]2c2ccccc2F)c(OC)c1. The van der Waals surface area contributed by atoms with Crippen LogP contribution >= 0.6 is 11.8 Å². The first-order valence-corrected chi connectivity index (χ1v) is 8.84. The number of benzene rings is 2. The molecule has 132 valence electrons. The van der Waals surface area contributed by atoms with E-state index >= 15 is 0 Å². The van der Waals surface area contributed by atoms with E-state index in [0.29, 0.717) is 29.3 Å². The summed E-state index contributed by atoms with van der Waals surface area (Å²) >= 11 is 1.55. The number of hydrogen-bond acceptors (Lipinski definition) is 4. The highest BCUT2D eigenvalue weighted by atomic mass is 32.2. The summed E-state index contributed by atoms with van der Waals surface area (Å²) in [5.74, 6) is 1.59. The van der Waals surface area contributed by atoms with Crippen molar-refractivity contribution < 1.29 is 18.7 Å². The van der Waals surface area contributed by atoms with Gasteiger partial charge in [0.25, 0.3) is 0 Å². The average molecular weight is 362 g/mol. The minimum Gasteiger partial charge on any atom is -0.497 e. The molecule has 2 aromatic rings. The molecular weight excluding hydrogens is 343 g/mol. The highest BCUT2D eigenvalue weighted by Gasteiger charge is 2.32. The van der Waals surface area contributed by atoms with E-state index in [9.17, 15) is 9.18 Å². The molecule has 1 heterocycles. The first-order chi connectivity index (χ1) is 12.1. The van der Waals surface area contributed by atoms with E-state index in [4.69, 9.17) is 9.47 Å². The zero-order valence-electron chi connectivity index (χ0n) is 14.0. The summed E-state index contributed by atoms with van der Waals surface area (Å²) in [5, 5.41) is 2.50. The molecule has 5 nitrogen and oxygen atoms in total. The van der Waals surface area contributed by atoms with E-state index < -0.39 is 0 Å². The van der Waals surface area contributed by atoms with Gasteiger partial charge in [0, 0.05) is 23.9 Å².